The Labute approximate surface area is 123 Å². The standard InChI is InChI=1S/C16H14O4S/c1-19-13-5-4-6-14(9-13)20-10-12-11-21(17,18)16-8-3-2-7-15(12)16/h2-9,11H,10H2,1H3. The molecule has 1 aliphatic rings. The Balaban J connectivity index is 1.83. The molecule has 4 nitrogen and oxygen atoms in total. The van der Waals surface area contributed by atoms with Crippen LogP contribution in [0.3, 0.4) is 0 Å². The molecule has 1 aliphatic heterocycles. The van der Waals surface area contributed by atoms with E-state index >= 15 is 0 Å². The Bertz CT molecular complexity index is 807. The largest absolute Gasteiger partial charge is 0.497 e. The van der Waals surface area contributed by atoms with Gasteiger partial charge in [-0.05, 0) is 18.2 Å². The average Bonchev–Trinajstić information content (AvgIpc) is 2.77. The fourth-order valence-electron chi connectivity index (χ4n) is 2.26. The predicted octanol–water partition coefficient (Wildman–Crippen LogP) is 2.90. The monoisotopic (exact) mass is 302 g/mol. The first kappa shape index (κ1) is 13.7. The summed E-state index contributed by atoms with van der Waals surface area (Å²) >= 11 is 0. The zero-order valence-corrected chi connectivity index (χ0v) is 12.3. The molecule has 2 aromatic carbocycles. The van der Waals surface area contributed by atoms with Gasteiger partial charge in [0.05, 0.1) is 12.0 Å². The summed E-state index contributed by atoms with van der Waals surface area (Å²) in [6, 6.07) is 14.1. The van der Waals surface area contributed by atoms with E-state index in [1.807, 2.05) is 18.2 Å². The first-order valence-corrected chi connectivity index (χ1v) is 7.97. The third-order valence-electron chi connectivity index (χ3n) is 3.27. The number of methoxy groups -OCH3 is 1. The topological polar surface area (TPSA) is 52.6 Å². The van der Waals surface area contributed by atoms with Gasteiger partial charge in [-0.25, -0.2) is 8.42 Å². The summed E-state index contributed by atoms with van der Waals surface area (Å²) in [5.74, 6) is 1.33. The van der Waals surface area contributed by atoms with E-state index in [2.05, 4.69) is 0 Å². The molecule has 5 heteroatoms. The van der Waals surface area contributed by atoms with Crippen LogP contribution in [-0.2, 0) is 9.84 Å². The van der Waals surface area contributed by atoms with Crippen molar-refractivity contribution >= 4 is 15.4 Å². The Hall–Kier alpha value is -2.27. The molecule has 2 aromatic rings. The SMILES string of the molecule is COc1cccc(OCC2=CS(=O)(=O)c3ccccc32)c1. The van der Waals surface area contributed by atoms with Crippen LogP contribution < -0.4 is 9.47 Å². The Morgan fingerprint density at radius 3 is 2.57 bits per heavy atom. The molecular formula is C16H14O4S. The van der Waals surface area contributed by atoms with Crippen LogP contribution in [0.5, 0.6) is 11.5 Å². The molecule has 0 saturated heterocycles. The van der Waals surface area contributed by atoms with Crippen molar-refractivity contribution in [2.75, 3.05) is 13.7 Å². The molecule has 0 unspecified atom stereocenters. The van der Waals surface area contributed by atoms with E-state index in [0.717, 1.165) is 0 Å². The Kier molecular flexibility index (Phi) is 3.43. The molecule has 21 heavy (non-hydrogen) atoms. The second kappa shape index (κ2) is 5.26. The lowest BCUT2D eigenvalue weighted by molar-refractivity contribution is 0.363. The maximum atomic E-state index is 12.0. The van der Waals surface area contributed by atoms with Crippen LogP contribution in [0.25, 0.3) is 5.57 Å². The van der Waals surface area contributed by atoms with E-state index in [0.29, 0.717) is 27.5 Å². The van der Waals surface area contributed by atoms with Crippen molar-refractivity contribution in [1.29, 1.82) is 0 Å². The van der Waals surface area contributed by atoms with Crippen molar-refractivity contribution in [3.8, 4) is 11.5 Å². The molecule has 0 saturated carbocycles. The molecule has 0 amide bonds. The van der Waals surface area contributed by atoms with Gasteiger partial charge >= 0.3 is 0 Å². The molecule has 108 valence electrons. The highest BCUT2D eigenvalue weighted by Crippen LogP contribution is 2.33. The molecule has 1 heterocycles. The van der Waals surface area contributed by atoms with Crippen LogP contribution in [0.2, 0.25) is 0 Å². The number of hydrogen-bond acceptors (Lipinski definition) is 4. The fourth-order valence-corrected chi connectivity index (χ4v) is 3.73. The van der Waals surface area contributed by atoms with E-state index < -0.39 is 9.84 Å². The number of sulfone groups is 1. The fraction of sp³-hybridized carbons (Fsp3) is 0.125. The second-order valence-electron chi connectivity index (χ2n) is 4.65. The third-order valence-corrected chi connectivity index (χ3v) is 4.84. The quantitative estimate of drug-likeness (QED) is 0.871. The van der Waals surface area contributed by atoms with Crippen LogP contribution in [0, 0.1) is 0 Å². The minimum Gasteiger partial charge on any atom is -0.497 e. The smallest absolute Gasteiger partial charge is 0.200 e. The maximum absolute atomic E-state index is 12.0. The molecule has 0 spiro atoms. The summed E-state index contributed by atoms with van der Waals surface area (Å²) in [6.45, 7) is 0.198. The first-order chi connectivity index (χ1) is 10.1. The lowest BCUT2D eigenvalue weighted by Crippen LogP contribution is -1.99. The molecule has 0 fully saturated rings. The van der Waals surface area contributed by atoms with Gasteiger partial charge in [-0.1, -0.05) is 24.3 Å². The molecule has 0 aliphatic carbocycles. The summed E-state index contributed by atoms with van der Waals surface area (Å²) in [5, 5.41) is 1.28. The van der Waals surface area contributed by atoms with Gasteiger partial charge < -0.3 is 9.47 Å². The third kappa shape index (κ3) is 2.64. The van der Waals surface area contributed by atoms with Gasteiger partial charge in [0.15, 0.2) is 0 Å². The lowest BCUT2D eigenvalue weighted by Gasteiger charge is -2.09. The van der Waals surface area contributed by atoms with Crippen molar-refractivity contribution in [3.63, 3.8) is 0 Å². The van der Waals surface area contributed by atoms with Crippen LogP contribution in [0.4, 0.5) is 0 Å². The Morgan fingerprint density at radius 1 is 1.00 bits per heavy atom. The lowest BCUT2D eigenvalue weighted by atomic mass is 10.1. The van der Waals surface area contributed by atoms with E-state index in [9.17, 15) is 8.42 Å². The number of ether oxygens (including phenoxy) is 2. The van der Waals surface area contributed by atoms with Gasteiger partial charge in [-0.3, -0.25) is 0 Å². The van der Waals surface area contributed by atoms with E-state index in [-0.39, 0.29) is 6.61 Å². The predicted molar refractivity (Wildman–Crippen MR) is 80.1 cm³/mol. The highest BCUT2D eigenvalue weighted by Gasteiger charge is 2.26. The number of rotatable bonds is 4. The van der Waals surface area contributed by atoms with Gasteiger partial charge in [0.1, 0.15) is 18.1 Å². The second-order valence-corrected chi connectivity index (χ2v) is 6.42. The number of hydrogen-bond donors (Lipinski definition) is 0. The van der Waals surface area contributed by atoms with Gasteiger partial charge in [0.2, 0.25) is 9.84 Å². The molecule has 0 atom stereocenters. The number of benzene rings is 2. The first-order valence-electron chi connectivity index (χ1n) is 6.42. The summed E-state index contributed by atoms with van der Waals surface area (Å²) in [4.78, 5) is 0.342. The van der Waals surface area contributed by atoms with Gasteiger partial charge in [0.25, 0.3) is 0 Å². The number of fused-ring (bicyclic) bond motifs is 1. The molecule has 0 bridgehead atoms. The molecule has 0 N–H and O–H groups in total. The zero-order chi connectivity index (χ0) is 14.9. The Morgan fingerprint density at radius 2 is 1.76 bits per heavy atom. The van der Waals surface area contributed by atoms with Crippen LogP contribution in [0.1, 0.15) is 5.56 Å². The molecule has 0 radical (unpaired) electrons. The van der Waals surface area contributed by atoms with Crippen LogP contribution in [0.15, 0.2) is 58.8 Å². The van der Waals surface area contributed by atoms with E-state index in [4.69, 9.17) is 9.47 Å². The van der Waals surface area contributed by atoms with E-state index in [1.165, 1.54) is 5.41 Å². The highest BCUT2D eigenvalue weighted by molar-refractivity contribution is 7.95. The summed E-state index contributed by atoms with van der Waals surface area (Å²) < 4.78 is 34.8. The van der Waals surface area contributed by atoms with Crippen molar-refractivity contribution in [2.45, 2.75) is 4.90 Å². The average molecular weight is 302 g/mol. The van der Waals surface area contributed by atoms with Gasteiger partial charge in [-0.2, -0.15) is 0 Å². The van der Waals surface area contributed by atoms with Crippen LogP contribution >= 0.6 is 0 Å². The zero-order valence-electron chi connectivity index (χ0n) is 11.4. The van der Waals surface area contributed by atoms with Crippen molar-refractivity contribution < 1.29 is 17.9 Å². The van der Waals surface area contributed by atoms with Crippen molar-refractivity contribution in [3.05, 3.63) is 59.5 Å². The van der Waals surface area contributed by atoms with Gasteiger partial charge in [-0.15, -0.1) is 0 Å². The summed E-state index contributed by atoms with van der Waals surface area (Å²) in [6.07, 6.45) is 0. The minimum atomic E-state index is -3.34. The van der Waals surface area contributed by atoms with Gasteiger partial charge in [0, 0.05) is 22.6 Å². The summed E-state index contributed by atoms with van der Waals surface area (Å²) in [7, 11) is -1.75. The normalized spacial score (nSPS) is 15.2. The summed E-state index contributed by atoms with van der Waals surface area (Å²) in [5.41, 5.74) is 1.37. The van der Waals surface area contributed by atoms with Crippen molar-refractivity contribution in [1.82, 2.24) is 0 Å². The maximum Gasteiger partial charge on any atom is 0.200 e. The van der Waals surface area contributed by atoms with E-state index in [1.54, 1.807) is 37.4 Å². The molecule has 0 aromatic heterocycles. The molecule has 3 rings (SSSR count). The van der Waals surface area contributed by atoms with Crippen molar-refractivity contribution in [2.24, 2.45) is 0 Å². The minimum absolute atomic E-state index is 0.198. The highest BCUT2D eigenvalue weighted by atomic mass is 32.2. The molecular weight excluding hydrogens is 288 g/mol. The van der Waals surface area contributed by atoms with Crippen LogP contribution in [-0.4, -0.2) is 22.1 Å².